The van der Waals surface area contributed by atoms with Crippen molar-refractivity contribution < 1.29 is 5.11 Å². The van der Waals surface area contributed by atoms with Gasteiger partial charge in [-0.15, -0.1) is 0 Å². The van der Waals surface area contributed by atoms with E-state index in [4.69, 9.17) is 11.6 Å². The molecule has 1 saturated heterocycles. The van der Waals surface area contributed by atoms with Crippen LogP contribution >= 0.6 is 11.6 Å². The monoisotopic (exact) mass is 239 g/mol. The molecule has 1 atom stereocenters. The second-order valence-electron chi connectivity index (χ2n) is 4.56. The van der Waals surface area contributed by atoms with E-state index in [9.17, 15) is 5.11 Å². The maximum absolute atomic E-state index is 9.17. The molecule has 1 aliphatic rings. The van der Waals surface area contributed by atoms with E-state index in [0.717, 1.165) is 31.1 Å². The Bertz CT molecular complexity index is 342. The van der Waals surface area contributed by atoms with Crippen molar-refractivity contribution in [2.45, 2.75) is 19.4 Å². The zero-order valence-electron chi connectivity index (χ0n) is 9.40. The minimum Gasteiger partial charge on any atom is -0.396 e. The van der Waals surface area contributed by atoms with Crippen molar-refractivity contribution in [3.63, 3.8) is 0 Å². The Morgan fingerprint density at radius 3 is 3.06 bits per heavy atom. The molecule has 1 heterocycles. The summed E-state index contributed by atoms with van der Waals surface area (Å²) >= 11 is 5.96. The van der Waals surface area contributed by atoms with Crippen LogP contribution in [0.25, 0.3) is 0 Å². The number of nitrogens with zero attached hydrogens (tertiary/aromatic N) is 1. The van der Waals surface area contributed by atoms with Crippen molar-refractivity contribution in [1.82, 2.24) is 4.90 Å². The van der Waals surface area contributed by atoms with Gasteiger partial charge in [-0.25, -0.2) is 0 Å². The minimum absolute atomic E-state index is 0.312. The lowest BCUT2D eigenvalue weighted by Crippen LogP contribution is -2.36. The first kappa shape index (κ1) is 11.9. The minimum atomic E-state index is 0.312. The highest BCUT2D eigenvalue weighted by atomic mass is 35.5. The maximum atomic E-state index is 9.17. The van der Waals surface area contributed by atoms with Gasteiger partial charge in [0.15, 0.2) is 0 Å². The Kier molecular flexibility index (Phi) is 4.22. The Morgan fingerprint density at radius 2 is 2.31 bits per heavy atom. The standard InChI is InChI=1S/C13H18ClNO/c14-13-5-1-3-11(7-13)8-15-6-2-4-12(9-15)10-16/h1,3,5,7,12,16H,2,4,6,8-10H2/t12-/m0/s1. The normalized spacial score (nSPS) is 22.2. The summed E-state index contributed by atoms with van der Waals surface area (Å²) in [4.78, 5) is 2.40. The third-order valence-corrected chi connectivity index (χ3v) is 3.39. The lowest BCUT2D eigenvalue weighted by atomic mass is 9.98. The van der Waals surface area contributed by atoms with E-state index in [1.54, 1.807) is 0 Å². The van der Waals surface area contributed by atoms with Crippen LogP contribution in [0.2, 0.25) is 5.02 Å². The fourth-order valence-corrected chi connectivity index (χ4v) is 2.55. The van der Waals surface area contributed by atoms with Crippen molar-refractivity contribution in [3.8, 4) is 0 Å². The second-order valence-corrected chi connectivity index (χ2v) is 4.99. The Morgan fingerprint density at radius 1 is 1.44 bits per heavy atom. The fourth-order valence-electron chi connectivity index (χ4n) is 2.34. The smallest absolute Gasteiger partial charge is 0.0471 e. The largest absolute Gasteiger partial charge is 0.396 e. The van der Waals surface area contributed by atoms with E-state index in [1.165, 1.54) is 12.0 Å². The van der Waals surface area contributed by atoms with Gasteiger partial charge in [0.1, 0.15) is 0 Å². The van der Waals surface area contributed by atoms with Crippen LogP contribution in [0, 0.1) is 5.92 Å². The topological polar surface area (TPSA) is 23.5 Å². The lowest BCUT2D eigenvalue weighted by Gasteiger charge is -2.31. The van der Waals surface area contributed by atoms with Crippen LogP contribution in [0.1, 0.15) is 18.4 Å². The Hall–Kier alpha value is -0.570. The van der Waals surface area contributed by atoms with Gasteiger partial charge < -0.3 is 5.11 Å². The van der Waals surface area contributed by atoms with E-state index in [1.807, 2.05) is 18.2 Å². The number of aliphatic hydroxyl groups excluding tert-OH is 1. The van der Waals surface area contributed by atoms with Crippen LogP contribution in [0.15, 0.2) is 24.3 Å². The SMILES string of the molecule is OC[C@H]1CCCN(Cc2cccc(Cl)c2)C1. The highest BCUT2D eigenvalue weighted by molar-refractivity contribution is 6.30. The van der Waals surface area contributed by atoms with Crippen LogP contribution in [0.4, 0.5) is 0 Å². The average Bonchev–Trinajstić information content (AvgIpc) is 2.29. The third-order valence-electron chi connectivity index (χ3n) is 3.16. The fraction of sp³-hybridized carbons (Fsp3) is 0.538. The van der Waals surface area contributed by atoms with E-state index < -0.39 is 0 Å². The molecule has 88 valence electrons. The first-order valence-corrected chi connectivity index (χ1v) is 6.23. The average molecular weight is 240 g/mol. The molecule has 16 heavy (non-hydrogen) atoms. The summed E-state index contributed by atoms with van der Waals surface area (Å²) in [5, 5.41) is 9.97. The summed E-state index contributed by atoms with van der Waals surface area (Å²) < 4.78 is 0. The predicted octanol–water partition coefficient (Wildman–Crippen LogP) is 2.54. The molecule has 0 amide bonds. The highest BCUT2D eigenvalue weighted by Gasteiger charge is 2.18. The number of halogens is 1. The maximum Gasteiger partial charge on any atom is 0.0471 e. The van der Waals surface area contributed by atoms with Gasteiger partial charge in [-0.3, -0.25) is 4.90 Å². The summed E-state index contributed by atoms with van der Waals surface area (Å²) in [5.74, 6) is 0.452. The summed E-state index contributed by atoms with van der Waals surface area (Å²) in [6.07, 6.45) is 2.34. The van der Waals surface area contributed by atoms with Crippen molar-refractivity contribution in [2.24, 2.45) is 5.92 Å². The summed E-state index contributed by atoms with van der Waals surface area (Å²) in [6.45, 7) is 3.38. The molecule has 2 nitrogen and oxygen atoms in total. The molecule has 1 fully saturated rings. The molecule has 0 radical (unpaired) electrons. The molecular formula is C13H18ClNO. The molecule has 3 heteroatoms. The molecule has 0 saturated carbocycles. The lowest BCUT2D eigenvalue weighted by molar-refractivity contribution is 0.116. The van der Waals surface area contributed by atoms with Crippen LogP contribution < -0.4 is 0 Å². The Labute approximate surface area is 102 Å². The molecule has 0 aromatic heterocycles. The van der Waals surface area contributed by atoms with Gasteiger partial charge in [-0.05, 0) is 43.0 Å². The zero-order chi connectivity index (χ0) is 11.4. The number of rotatable bonds is 3. The number of likely N-dealkylation sites (tertiary alicyclic amines) is 1. The third kappa shape index (κ3) is 3.21. The molecular weight excluding hydrogens is 222 g/mol. The first-order chi connectivity index (χ1) is 7.78. The van der Waals surface area contributed by atoms with Crippen molar-refractivity contribution in [3.05, 3.63) is 34.9 Å². The van der Waals surface area contributed by atoms with Crippen LogP contribution in [0.5, 0.6) is 0 Å². The molecule has 0 bridgehead atoms. The summed E-state index contributed by atoms with van der Waals surface area (Å²) in [5.41, 5.74) is 1.26. The molecule has 2 rings (SSSR count). The molecule has 1 aromatic rings. The quantitative estimate of drug-likeness (QED) is 0.877. The van der Waals surface area contributed by atoms with E-state index in [0.29, 0.717) is 12.5 Å². The van der Waals surface area contributed by atoms with Gasteiger partial charge in [0.2, 0.25) is 0 Å². The van der Waals surface area contributed by atoms with Gasteiger partial charge in [0.25, 0.3) is 0 Å². The Balaban J connectivity index is 1.94. The highest BCUT2D eigenvalue weighted by Crippen LogP contribution is 2.19. The van der Waals surface area contributed by atoms with Crippen LogP contribution in [-0.2, 0) is 6.54 Å². The number of aliphatic hydroxyl groups is 1. The van der Waals surface area contributed by atoms with Gasteiger partial charge in [-0.1, -0.05) is 23.7 Å². The molecule has 0 aliphatic carbocycles. The number of hydrogen-bond donors (Lipinski definition) is 1. The van der Waals surface area contributed by atoms with Gasteiger partial charge in [0, 0.05) is 24.7 Å². The molecule has 1 aromatic carbocycles. The molecule has 1 N–H and O–H groups in total. The number of benzene rings is 1. The van der Waals surface area contributed by atoms with E-state index in [2.05, 4.69) is 11.0 Å². The van der Waals surface area contributed by atoms with Crippen molar-refractivity contribution >= 4 is 11.6 Å². The summed E-state index contributed by atoms with van der Waals surface area (Å²) in [6, 6.07) is 8.02. The predicted molar refractivity (Wildman–Crippen MR) is 66.5 cm³/mol. The van der Waals surface area contributed by atoms with E-state index in [-0.39, 0.29) is 0 Å². The van der Waals surface area contributed by atoms with Gasteiger partial charge in [-0.2, -0.15) is 0 Å². The first-order valence-electron chi connectivity index (χ1n) is 5.85. The van der Waals surface area contributed by atoms with Gasteiger partial charge >= 0.3 is 0 Å². The van der Waals surface area contributed by atoms with E-state index >= 15 is 0 Å². The van der Waals surface area contributed by atoms with Gasteiger partial charge in [0.05, 0.1) is 0 Å². The number of piperidine rings is 1. The van der Waals surface area contributed by atoms with Crippen molar-refractivity contribution in [2.75, 3.05) is 19.7 Å². The number of hydrogen-bond acceptors (Lipinski definition) is 2. The van der Waals surface area contributed by atoms with Crippen molar-refractivity contribution in [1.29, 1.82) is 0 Å². The summed E-state index contributed by atoms with van der Waals surface area (Å²) in [7, 11) is 0. The molecule has 0 unspecified atom stereocenters. The van der Waals surface area contributed by atoms with Crippen LogP contribution in [-0.4, -0.2) is 29.7 Å². The molecule has 1 aliphatic heterocycles. The second kappa shape index (κ2) is 5.67. The molecule has 0 spiro atoms. The zero-order valence-corrected chi connectivity index (χ0v) is 10.2. The van der Waals surface area contributed by atoms with Crippen LogP contribution in [0.3, 0.4) is 0 Å².